The molecule has 6 nitrogen and oxygen atoms in total. The van der Waals surface area contributed by atoms with Crippen molar-refractivity contribution in [2.45, 2.75) is 51.5 Å². The summed E-state index contributed by atoms with van der Waals surface area (Å²) in [6.45, 7) is 4.51. The first kappa shape index (κ1) is 20.6. The van der Waals surface area contributed by atoms with E-state index in [2.05, 4.69) is 22.2 Å². The number of H-pyrrole nitrogens is 1. The minimum atomic E-state index is 0.00277. The molecule has 0 atom stereocenters. The minimum absolute atomic E-state index is 0.00277. The number of benzene rings is 1. The minimum Gasteiger partial charge on any atom is -0.358 e. The monoisotopic (exact) mass is 422 g/mol. The maximum absolute atomic E-state index is 12.8. The number of carbonyl (C=O) groups excluding carboxylic acids is 2. The molecule has 2 amide bonds. The van der Waals surface area contributed by atoms with Gasteiger partial charge in [-0.2, -0.15) is 0 Å². The van der Waals surface area contributed by atoms with Crippen molar-refractivity contribution in [1.29, 1.82) is 0 Å². The van der Waals surface area contributed by atoms with Crippen LogP contribution < -0.4 is 5.32 Å². The van der Waals surface area contributed by atoms with E-state index in [0.717, 1.165) is 68.7 Å². The predicted molar refractivity (Wildman–Crippen MR) is 122 cm³/mol. The van der Waals surface area contributed by atoms with Gasteiger partial charge in [0.25, 0.3) is 5.91 Å². The Bertz CT molecular complexity index is 969. The van der Waals surface area contributed by atoms with E-state index in [-0.39, 0.29) is 11.8 Å². The number of aromatic amines is 1. The van der Waals surface area contributed by atoms with Crippen LogP contribution in [-0.4, -0.2) is 59.8 Å². The number of carbonyl (C=O) groups is 2. The molecule has 2 fully saturated rings. The highest BCUT2D eigenvalue weighted by atomic mass is 16.2. The first-order chi connectivity index (χ1) is 15.1. The van der Waals surface area contributed by atoms with Gasteiger partial charge >= 0.3 is 0 Å². The van der Waals surface area contributed by atoms with Crippen molar-refractivity contribution in [3.63, 3.8) is 0 Å². The highest BCUT2D eigenvalue weighted by molar-refractivity contribution is 5.99. The molecular formula is C25H34N4O2. The number of aromatic nitrogens is 1. The molecule has 3 heterocycles. The van der Waals surface area contributed by atoms with Gasteiger partial charge in [-0.3, -0.25) is 9.59 Å². The van der Waals surface area contributed by atoms with Gasteiger partial charge in [0.15, 0.2) is 0 Å². The third kappa shape index (κ3) is 4.22. The van der Waals surface area contributed by atoms with Crippen molar-refractivity contribution in [2.24, 2.45) is 11.8 Å². The highest BCUT2D eigenvalue weighted by Gasteiger charge is 2.32. The molecule has 0 unspecified atom stereocenters. The SMILES string of the molecule is CN1CCC(CCNC(=O)c2ccc3[nH]c4c(c3c2)CN(C(=O)C2CCC2)CC4)CC1. The number of hydrogen-bond acceptors (Lipinski definition) is 3. The first-order valence-corrected chi connectivity index (χ1v) is 12.0. The Morgan fingerprint density at radius 2 is 1.94 bits per heavy atom. The Labute approximate surface area is 184 Å². The van der Waals surface area contributed by atoms with Crippen LogP contribution in [0.5, 0.6) is 0 Å². The Kier molecular flexibility index (Phi) is 5.74. The van der Waals surface area contributed by atoms with Crippen LogP contribution in [0.15, 0.2) is 18.2 Å². The van der Waals surface area contributed by atoms with Crippen molar-refractivity contribution < 1.29 is 9.59 Å². The summed E-state index contributed by atoms with van der Waals surface area (Å²) in [5, 5.41) is 4.21. The molecule has 2 aromatic rings. The molecule has 1 aromatic heterocycles. The van der Waals surface area contributed by atoms with Crippen LogP contribution in [0.1, 0.15) is 60.1 Å². The number of hydrogen-bond donors (Lipinski definition) is 2. The summed E-state index contributed by atoms with van der Waals surface area (Å²) in [6.07, 6.45) is 7.63. The number of nitrogens with zero attached hydrogens (tertiary/aromatic N) is 2. The third-order valence-corrected chi connectivity index (χ3v) is 7.68. The van der Waals surface area contributed by atoms with Crippen LogP contribution in [0.25, 0.3) is 10.9 Å². The first-order valence-electron chi connectivity index (χ1n) is 12.0. The quantitative estimate of drug-likeness (QED) is 0.777. The number of amides is 2. The molecule has 1 aliphatic carbocycles. The number of nitrogens with one attached hydrogen (secondary N) is 2. The Hall–Kier alpha value is -2.34. The fraction of sp³-hybridized carbons (Fsp3) is 0.600. The summed E-state index contributed by atoms with van der Waals surface area (Å²) in [5.74, 6) is 1.27. The van der Waals surface area contributed by atoms with E-state index < -0.39 is 0 Å². The normalized spacial score (nSPS) is 20.5. The van der Waals surface area contributed by atoms with Gasteiger partial charge in [0.05, 0.1) is 0 Å². The summed E-state index contributed by atoms with van der Waals surface area (Å²) in [7, 11) is 2.18. The average Bonchev–Trinajstić information content (AvgIpc) is 3.11. The maximum atomic E-state index is 12.8. The molecule has 0 bridgehead atoms. The topological polar surface area (TPSA) is 68.4 Å². The van der Waals surface area contributed by atoms with Crippen LogP contribution in [0.2, 0.25) is 0 Å². The van der Waals surface area contributed by atoms with Crippen molar-refractivity contribution in [3.05, 3.63) is 35.0 Å². The molecule has 0 radical (unpaired) electrons. The average molecular weight is 423 g/mol. The van der Waals surface area contributed by atoms with Crippen molar-refractivity contribution in [2.75, 3.05) is 33.2 Å². The van der Waals surface area contributed by atoms with E-state index in [9.17, 15) is 9.59 Å². The molecule has 1 aromatic carbocycles. The van der Waals surface area contributed by atoms with Crippen molar-refractivity contribution >= 4 is 22.7 Å². The van der Waals surface area contributed by atoms with Crippen LogP contribution >= 0.6 is 0 Å². The molecule has 6 heteroatoms. The summed E-state index contributed by atoms with van der Waals surface area (Å²) in [6, 6.07) is 5.93. The van der Waals surface area contributed by atoms with Gasteiger partial charge in [0.2, 0.25) is 5.91 Å². The maximum Gasteiger partial charge on any atom is 0.251 e. The van der Waals surface area contributed by atoms with E-state index >= 15 is 0 Å². The van der Waals surface area contributed by atoms with E-state index in [1.165, 1.54) is 30.5 Å². The van der Waals surface area contributed by atoms with Crippen LogP contribution in [0.4, 0.5) is 0 Å². The summed E-state index contributed by atoms with van der Waals surface area (Å²) < 4.78 is 0. The molecule has 5 rings (SSSR count). The van der Waals surface area contributed by atoms with E-state index in [0.29, 0.717) is 18.0 Å². The largest absolute Gasteiger partial charge is 0.358 e. The van der Waals surface area contributed by atoms with E-state index in [1.807, 2.05) is 23.1 Å². The van der Waals surface area contributed by atoms with Crippen LogP contribution in [-0.2, 0) is 17.8 Å². The van der Waals surface area contributed by atoms with Gasteiger partial charge in [-0.1, -0.05) is 6.42 Å². The lowest BCUT2D eigenvalue weighted by atomic mass is 9.84. The van der Waals surface area contributed by atoms with Gasteiger partial charge in [-0.05, 0) is 76.4 Å². The number of rotatable bonds is 5. The van der Waals surface area contributed by atoms with Gasteiger partial charge in [0.1, 0.15) is 0 Å². The lowest BCUT2D eigenvalue weighted by Crippen LogP contribution is -2.41. The molecular weight excluding hydrogens is 388 g/mol. The lowest BCUT2D eigenvalue weighted by Gasteiger charge is -2.34. The number of piperidine rings is 1. The lowest BCUT2D eigenvalue weighted by molar-refractivity contribution is -0.139. The van der Waals surface area contributed by atoms with Crippen molar-refractivity contribution in [1.82, 2.24) is 20.1 Å². The van der Waals surface area contributed by atoms with Crippen LogP contribution in [0.3, 0.4) is 0 Å². The van der Waals surface area contributed by atoms with E-state index in [1.54, 1.807) is 0 Å². The van der Waals surface area contributed by atoms with Gasteiger partial charge in [-0.15, -0.1) is 0 Å². The summed E-state index contributed by atoms with van der Waals surface area (Å²) in [4.78, 5) is 33.4. The molecule has 2 N–H and O–H groups in total. The second kappa shape index (κ2) is 8.65. The second-order valence-electron chi connectivity index (χ2n) is 9.77. The molecule has 2 aliphatic heterocycles. The zero-order valence-electron chi connectivity index (χ0n) is 18.6. The molecule has 1 saturated heterocycles. The Balaban J connectivity index is 1.24. The van der Waals surface area contributed by atoms with Crippen molar-refractivity contribution in [3.8, 4) is 0 Å². The zero-order chi connectivity index (χ0) is 21.4. The summed E-state index contributed by atoms with van der Waals surface area (Å²) >= 11 is 0. The zero-order valence-corrected chi connectivity index (χ0v) is 18.6. The summed E-state index contributed by atoms with van der Waals surface area (Å²) in [5.41, 5.74) is 4.17. The number of likely N-dealkylation sites (tertiary alicyclic amines) is 1. The molecule has 31 heavy (non-hydrogen) atoms. The smallest absolute Gasteiger partial charge is 0.251 e. The fourth-order valence-corrected chi connectivity index (χ4v) is 5.30. The van der Waals surface area contributed by atoms with Crippen LogP contribution in [0, 0.1) is 11.8 Å². The Morgan fingerprint density at radius 3 is 2.68 bits per heavy atom. The predicted octanol–water partition coefficient (Wildman–Crippen LogP) is 3.31. The molecule has 0 spiro atoms. The molecule has 166 valence electrons. The van der Waals surface area contributed by atoms with Gasteiger partial charge in [0, 0.05) is 59.7 Å². The number of fused-ring (bicyclic) bond motifs is 3. The van der Waals surface area contributed by atoms with Gasteiger partial charge < -0.3 is 20.1 Å². The third-order valence-electron chi connectivity index (χ3n) is 7.68. The molecule has 3 aliphatic rings. The standard InChI is InChI=1S/C25H34N4O2/c1-28-12-8-17(9-13-28)7-11-26-24(30)19-5-6-22-20(15-19)21-16-29(14-10-23(21)27-22)25(31)18-3-2-4-18/h5-6,15,17-18,27H,2-4,7-14,16H2,1H3,(H,26,30). The van der Waals surface area contributed by atoms with E-state index in [4.69, 9.17) is 0 Å². The highest BCUT2D eigenvalue weighted by Crippen LogP contribution is 2.33. The molecule has 1 saturated carbocycles. The Morgan fingerprint density at radius 1 is 1.13 bits per heavy atom. The van der Waals surface area contributed by atoms with Gasteiger partial charge in [-0.25, -0.2) is 0 Å². The second-order valence-corrected chi connectivity index (χ2v) is 9.77. The fourth-order valence-electron chi connectivity index (χ4n) is 5.30.